The molecule has 16 heavy (non-hydrogen) atoms. The largest absolute Gasteiger partial charge is 0.385 e. The Morgan fingerprint density at radius 3 is 2.75 bits per heavy atom. The van der Waals surface area contributed by atoms with E-state index in [1.807, 2.05) is 12.1 Å². The molecular weight excluding hydrogens is 266 g/mol. The standard InChI is InChI=1S/C12H14BrN3/c1-8(2)7-16-9-5-10(13)12-11(6-9)14-3-4-15-12/h3-6,8,16H,7H2,1-2H3. The minimum atomic E-state index is 0.622. The lowest BCUT2D eigenvalue weighted by Crippen LogP contribution is -2.07. The minimum absolute atomic E-state index is 0.622. The molecule has 3 nitrogen and oxygen atoms in total. The van der Waals surface area contributed by atoms with E-state index in [9.17, 15) is 0 Å². The number of anilines is 1. The van der Waals surface area contributed by atoms with Gasteiger partial charge in [0.05, 0.1) is 5.52 Å². The summed E-state index contributed by atoms with van der Waals surface area (Å²) in [6, 6.07) is 4.06. The third-order valence-corrected chi connectivity index (χ3v) is 2.85. The van der Waals surface area contributed by atoms with Gasteiger partial charge in [-0.2, -0.15) is 0 Å². The molecule has 1 aromatic carbocycles. The zero-order valence-electron chi connectivity index (χ0n) is 9.37. The Bertz CT molecular complexity index is 497. The highest BCUT2D eigenvalue weighted by atomic mass is 79.9. The number of fused-ring (bicyclic) bond motifs is 1. The van der Waals surface area contributed by atoms with Crippen LogP contribution in [0.15, 0.2) is 29.0 Å². The van der Waals surface area contributed by atoms with E-state index < -0.39 is 0 Å². The molecule has 0 bridgehead atoms. The summed E-state index contributed by atoms with van der Waals surface area (Å²) in [4.78, 5) is 8.58. The zero-order chi connectivity index (χ0) is 11.5. The monoisotopic (exact) mass is 279 g/mol. The Hall–Kier alpha value is -1.16. The molecule has 2 aromatic rings. The first-order valence-corrected chi connectivity index (χ1v) is 6.10. The van der Waals surface area contributed by atoms with E-state index in [2.05, 4.69) is 45.1 Å². The van der Waals surface area contributed by atoms with Gasteiger partial charge in [0.2, 0.25) is 0 Å². The molecular formula is C12H14BrN3. The normalized spacial score (nSPS) is 11.0. The Labute approximate surface area is 103 Å². The number of aromatic nitrogens is 2. The molecule has 0 fully saturated rings. The summed E-state index contributed by atoms with van der Waals surface area (Å²) in [7, 11) is 0. The van der Waals surface area contributed by atoms with Crippen molar-refractivity contribution < 1.29 is 0 Å². The summed E-state index contributed by atoms with van der Waals surface area (Å²) in [5, 5.41) is 3.38. The second-order valence-electron chi connectivity index (χ2n) is 4.16. The maximum atomic E-state index is 4.30. The van der Waals surface area contributed by atoms with E-state index in [-0.39, 0.29) is 0 Å². The average Bonchev–Trinajstić information content (AvgIpc) is 2.26. The minimum Gasteiger partial charge on any atom is -0.385 e. The smallest absolute Gasteiger partial charge is 0.103 e. The number of hydrogen-bond acceptors (Lipinski definition) is 3. The number of halogens is 1. The van der Waals surface area contributed by atoms with Crippen LogP contribution in [0.5, 0.6) is 0 Å². The van der Waals surface area contributed by atoms with Crippen LogP contribution in [0.3, 0.4) is 0 Å². The van der Waals surface area contributed by atoms with Gasteiger partial charge in [-0.3, -0.25) is 9.97 Å². The summed E-state index contributed by atoms with van der Waals surface area (Å²) in [6.45, 7) is 5.32. The SMILES string of the molecule is CC(C)CNc1cc(Br)c2nccnc2c1. The van der Waals surface area contributed by atoms with Crippen LogP contribution in [0.2, 0.25) is 0 Å². The van der Waals surface area contributed by atoms with Crippen molar-refractivity contribution in [3.05, 3.63) is 29.0 Å². The third-order valence-electron chi connectivity index (χ3n) is 2.24. The molecule has 2 rings (SSSR count). The van der Waals surface area contributed by atoms with Gasteiger partial charge in [0.25, 0.3) is 0 Å². The first kappa shape index (κ1) is 11.3. The maximum absolute atomic E-state index is 4.30. The topological polar surface area (TPSA) is 37.8 Å². The van der Waals surface area contributed by atoms with E-state index in [4.69, 9.17) is 0 Å². The number of benzene rings is 1. The molecule has 0 radical (unpaired) electrons. The van der Waals surface area contributed by atoms with Crippen LogP contribution in [0.1, 0.15) is 13.8 Å². The van der Waals surface area contributed by atoms with E-state index in [1.54, 1.807) is 12.4 Å². The molecule has 0 spiro atoms. The van der Waals surface area contributed by atoms with Crippen LogP contribution >= 0.6 is 15.9 Å². The first-order chi connectivity index (χ1) is 7.66. The van der Waals surface area contributed by atoms with Gasteiger partial charge in [0.15, 0.2) is 0 Å². The molecule has 0 atom stereocenters. The lowest BCUT2D eigenvalue weighted by atomic mass is 10.2. The van der Waals surface area contributed by atoms with Crippen molar-refractivity contribution in [3.63, 3.8) is 0 Å². The molecule has 0 unspecified atom stereocenters. The van der Waals surface area contributed by atoms with E-state index in [0.29, 0.717) is 5.92 Å². The van der Waals surface area contributed by atoms with Crippen molar-refractivity contribution in [3.8, 4) is 0 Å². The number of nitrogens with zero attached hydrogens (tertiary/aromatic N) is 2. The fourth-order valence-corrected chi connectivity index (χ4v) is 2.01. The molecule has 0 saturated heterocycles. The Morgan fingerprint density at radius 2 is 2.00 bits per heavy atom. The van der Waals surface area contributed by atoms with Crippen molar-refractivity contribution in [2.45, 2.75) is 13.8 Å². The molecule has 1 N–H and O–H groups in total. The molecule has 0 aliphatic carbocycles. The second-order valence-corrected chi connectivity index (χ2v) is 5.01. The van der Waals surface area contributed by atoms with Gasteiger partial charge >= 0.3 is 0 Å². The van der Waals surface area contributed by atoms with Crippen LogP contribution in [0.25, 0.3) is 11.0 Å². The average molecular weight is 280 g/mol. The highest BCUT2D eigenvalue weighted by Gasteiger charge is 2.04. The number of nitrogens with one attached hydrogen (secondary N) is 1. The van der Waals surface area contributed by atoms with Gasteiger partial charge in [0, 0.05) is 29.1 Å². The highest BCUT2D eigenvalue weighted by Crippen LogP contribution is 2.25. The predicted molar refractivity (Wildman–Crippen MR) is 70.6 cm³/mol. The van der Waals surface area contributed by atoms with Gasteiger partial charge in [-0.05, 0) is 34.0 Å². The van der Waals surface area contributed by atoms with E-state index in [0.717, 1.165) is 27.7 Å². The van der Waals surface area contributed by atoms with Crippen LogP contribution in [0, 0.1) is 5.92 Å². The molecule has 0 amide bonds. The lowest BCUT2D eigenvalue weighted by molar-refractivity contribution is 0.689. The molecule has 0 aliphatic rings. The summed E-state index contributed by atoms with van der Waals surface area (Å²) in [6.07, 6.45) is 3.41. The van der Waals surface area contributed by atoms with Gasteiger partial charge in [-0.1, -0.05) is 13.8 Å². The Kier molecular flexibility index (Phi) is 3.39. The van der Waals surface area contributed by atoms with E-state index in [1.165, 1.54) is 0 Å². The molecule has 1 heterocycles. The predicted octanol–water partition coefficient (Wildman–Crippen LogP) is 3.46. The molecule has 4 heteroatoms. The van der Waals surface area contributed by atoms with Gasteiger partial charge in [0.1, 0.15) is 5.52 Å². The quantitative estimate of drug-likeness (QED) is 0.935. The number of hydrogen-bond donors (Lipinski definition) is 1. The van der Waals surface area contributed by atoms with Crippen molar-refractivity contribution in [2.24, 2.45) is 5.92 Å². The zero-order valence-corrected chi connectivity index (χ0v) is 11.0. The summed E-state index contributed by atoms with van der Waals surface area (Å²) >= 11 is 3.51. The summed E-state index contributed by atoms with van der Waals surface area (Å²) in [5.74, 6) is 0.622. The van der Waals surface area contributed by atoms with Crippen LogP contribution in [0.4, 0.5) is 5.69 Å². The van der Waals surface area contributed by atoms with E-state index >= 15 is 0 Å². The summed E-state index contributed by atoms with van der Waals surface area (Å²) in [5.41, 5.74) is 2.88. The maximum Gasteiger partial charge on any atom is 0.103 e. The van der Waals surface area contributed by atoms with Crippen LogP contribution in [-0.2, 0) is 0 Å². The highest BCUT2D eigenvalue weighted by molar-refractivity contribution is 9.10. The van der Waals surface area contributed by atoms with Crippen LogP contribution < -0.4 is 5.32 Å². The second kappa shape index (κ2) is 4.78. The van der Waals surface area contributed by atoms with Gasteiger partial charge in [-0.25, -0.2) is 0 Å². The van der Waals surface area contributed by atoms with Gasteiger partial charge in [-0.15, -0.1) is 0 Å². The Morgan fingerprint density at radius 1 is 1.25 bits per heavy atom. The Balaban J connectivity index is 2.34. The fourth-order valence-electron chi connectivity index (χ4n) is 1.46. The molecule has 84 valence electrons. The molecule has 1 aromatic heterocycles. The first-order valence-electron chi connectivity index (χ1n) is 5.31. The summed E-state index contributed by atoms with van der Waals surface area (Å²) < 4.78 is 0.976. The van der Waals surface area contributed by atoms with Crippen molar-refractivity contribution >= 4 is 32.7 Å². The third kappa shape index (κ3) is 2.50. The fraction of sp³-hybridized carbons (Fsp3) is 0.333. The lowest BCUT2D eigenvalue weighted by Gasteiger charge is -2.10. The van der Waals surface area contributed by atoms with Crippen molar-refractivity contribution in [1.29, 1.82) is 0 Å². The molecule has 0 aliphatic heterocycles. The van der Waals surface area contributed by atoms with Crippen molar-refractivity contribution in [2.75, 3.05) is 11.9 Å². The number of rotatable bonds is 3. The van der Waals surface area contributed by atoms with Crippen molar-refractivity contribution in [1.82, 2.24) is 9.97 Å². The molecule has 0 saturated carbocycles. The van der Waals surface area contributed by atoms with Gasteiger partial charge < -0.3 is 5.32 Å². The van der Waals surface area contributed by atoms with Crippen LogP contribution in [-0.4, -0.2) is 16.5 Å².